The number of thiophene rings is 1. The first-order chi connectivity index (χ1) is 8.26. The van der Waals surface area contributed by atoms with Crippen LogP contribution in [-0.4, -0.2) is 0 Å². The van der Waals surface area contributed by atoms with Crippen molar-refractivity contribution in [3.05, 3.63) is 21.9 Å². The standard InChI is InChI=1S/C14H24N2S/c1-3-11-5-4-6-12(9-11)14(16-15)13-7-8-17-10(13)2/h7-8,11-12,14,16H,3-6,9,15H2,1-2H3. The van der Waals surface area contributed by atoms with E-state index in [2.05, 4.69) is 30.7 Å². The van der Waals surface area contributed by atoms with Gasteiger partial charge in [-0.25, -0.2) is 0 Å². The fourth-order valence-electron chi connectivity index (χ4n) is 3.20. The van der Waals surface area contributed by atoms with E-state index < -0.39 is 0 Å². The number of nitrogens with one attached hydrogen (secondary N) is 1. The molecule has 0 saturated heterocycles. The molecule has 17 heavy (non-hydrogen) atoms. The largest absolute Gasteiger partial charge is 0.271 e. The van der Waals surface area contributed by atoms with Gasteiger partial charge in [0.25, 0.3) is 0 Å². The molecule has 1 aliphatic rings. The number of hydrogen-bond donors (Lipinski definition) is 2. The van der Waals surface area contributed by atoms with Crippen molar-refractivity contribution in [3.63, 3.8) is 0 Å². The second-order valence-electron chi connectivity index (χ2n) is 5.28. The van der Waals surface area contributed by atoms with E-state index in [-0.39, 0.29) is 0 Å². The van der Waals surface area contributed by atoms with Gasteiger partial charge in [0.2, 0.25) is 0 Å². The lowest BCUT2D eigenvalue weighted by Crippen LogP contribution is -2.36. The highest BCUT2D eigenvalue weighted by Crippen LogP contribution is 2.39. The molecular weight excluding hydrogens is 228 g/mol. The van der Waals surface area contributed by atoms with Crippen LogP contribution in [0.25, 0.3) is 0 Å². The molecule has 1 heterocycles. The monoisotopic (exact) mass is 252 g/mol. The smallest absolute Gasteiger partial charge is 0.0499 e. The minimum Gasteiger partial charge on any atom is -0.271 e. The second-order valence-corrected chi connectivity index (χ2v) is 6.40. The SMILES string of the molecule is CCC1CCCC(C(NN)c2ccsc2C)C1. The Hall–Kier alpha value is -0.380. The van der Waals surface area contributed by atoms with Gasteiger partial charge in [-0.05, 0) is 48.6 Å². The number of hydrazine groups is 1. The van der Waals surface area contributed by atoms with Gasteiger partial charge in [-0.1, -0.05) is 26.2 Å². The summed E-state index contributed by atoms with van der Waals surface area (Å²) in [6.45, 7) is 4.51. The molecule has 0 aromatic carbocycles. The van der Waals surface area contributed by atoms with Crippen LogP contribution in [0.5, 0.6) is 0 Å². The molecule has 0 spiro atoms. The molecule has 3 N–H and O–H groups in total. The molecular formula is C14H24N2S. The van der Waals surface area contributed by atoms with E-state index in [4.69, 9.17) is 5.84 Å². The fourth-order valence-corrected chi connectivity index (χ4v) is 3.95. The number of aryl methyl sites for hydroxylation is 1. The van der Waals surface area contributed by atoms with Crippen molar-refractivity contribution in [3.8, 4) is 0 Å². The van der Waals surface area contributed by atoms with E-state index in [1.165, 1.54) is 42.5 Å². The van der Waals surface area contributed by atoms with Crippen LogP contribution in [0.1, 0.15) is 55.5 Å². The van der Waals surface area contributed by atoms with Crippen molar-refractivity contribution in [2.24, 2.45) is 17.7 Å². The highest BCUT2D eigenvalue weighted by Gasteiger charge is 2.29. The summed E-state index contributed by atoms with van der Waals surface area (Å²) in [7, 11) is 0. The van der Waals surface area contributed by atoms with Crippen LogP contribution in [0.2, 0.25) is 0 Å². The third-order valence-electron chi connectivity index (χ3n) is 4.29. The Kier molecular flexibility index (Phi) is 4.60. The lowest BCUT2D eigenvalue weighted by atomic mass is 9.75. The summed E-state index contributed by atoms with van der Waals surface area (Å²) in [6.07, 6.45) is 6.75. The van der Waals surface area contributed by atoms with Crippen LogP contribution in [0.15, 0.2) is 11.4 Å². The van der Waals surface area contributed by atoms with Crippen molar-refractivity contribution in [1.82, 2.24) is 5.43 Å². The van der Waals surface area contributed by atoms with Crippen LogP contribution in [0.4, 0.5) is 0 Å². The van der Waals surface area contributed by atoms with Gasteiger partial charge in [0.15, 0.2) is 0 Å². The Bertz CT molecular complexity index is 348. The lowest BCUT2D eigenvalue weighted by molar-refractivity contribution is 0.210. The third kappa shape index (κ3) is 2.90. The fraction of sp³-hybridized carbons (Fsp3) is 0.714. The minimum atomic E-state index is 0.357. The molecule has 0 radical (unpaired) electrons. The van der Waals surface area contributed by atoms with Gasteiger partial charge in [-0.15, -0.1) is 11.3 Å². The average Bonchev–Trinajstić information content (AvgIpc) is 2.77. The molecule has 3 heteroatoms. The molecule has 1 saturated carbocycles. The highest BCUT2D eigenvalue weighted by atomic mass is 32.1. The minimum absolute atomic E-state index is 0.357. The highest BCUT2D eigenvalue weighted by molar-refractivity contribution is 7.10. The van der Waals surface area contributed by atoms with E-state index in [0.717, 1.165) is 5.92 Å². The quantitative estimate of drug-likeness (QED) is 0.632. The second kappa shape index (κ2) is 5.98. The predicted octanol–water partition coefficient (Wildman–Crippen LogP) is 3.78. The summed E-state index contributed by atoms with van der Waals surface area (Å²) in [5.74, 6) is 7.43. The van der Waals surface area contributed by atoms with Crippen LogP contribution in [0.3, 0.4) is 0 Å². The molecule has 1 aromatic rings. The summed E-state index contributed by atoms with van der Waals surface area (Å²) in [4.78, 5) is 1.41. The maximum atomic E-state index is 5.81. The summed E-state index contributed by atoms with van der Waals surface area (Å²) < 4.78 is 0. The number of nitrogens with two attached hydrogens (primary N) is 1. The van der Waals surface area contributed by atoms with E-state index in [1.54, 1.807) is 0 Å². The van der Waals surface area contributed by atoms with Gasteiger partial charge >= 0.3 is 0 Å². The molecule has 1 fully saturated rings. The van der Waals surface area contributed by atoms with Crippen LogP contribution in [-0.2, 0) is 0 Å². The van der Waals surface area contributed by atoms with Crippen molar-refractivity contribution in [2.75, 3.05) is 0 Å². The molecule has 3 atom stereocenters. The third-order valence-corrected chi connectivity index (χ3v) is 5.15. The van der Waals surface area contributed by atoms with Gasteiger partial charge < -0.3 is 0 Å². The molecule has 3 unspecified atom stereocenters. The predicted molar refractivity (Wildman–Crippen MR) is 74.9 cm³/mol. The van der Waals surface area contributed by atoms with Crippen molar-refractivity contribution in [1.29, 1.82) is 0 Å². The molecule has 96 valence electrons. The zero-order chi connectivity index (χ0) is 12.3. The number of rotatable bonds is 4. The van der Waals surface area contributed by atoms with E-state index in [9.17, 15) is 0 Å². The molecule has 1 aliphatic carbocycles. The van der Waals surface area contributed by atoms with E-state index in [0.29, 0.717) is 12.0 Å². The maximum Gasteiger partial charge on any atom is 0.0499 e. The Morgan fingerprint density at radius 3 is 2.94 bits per heavy atom. The van der Waals surface area contributed by atoms with Gasteiger partial charge in [-0.2, -0.15) is 0 Å². The van der Waals surface area contributed by atoms with Crippen molar-refractivity contribution >= 4 is 11.3 Å². The van der Waals surface area contributed by atoms with Gasteiger partial charge in [0.1, 0.15) is 0 Å². The Morgan fingerprint density at radius 1 is 1.53 bits per heavy atom. The van der Waals surface area contributed by atoms with E-state index >= 15 is 0 Å². The van der Waals surface area contributed by atoms with Gasteiger partial charge in [0, 0.05) is 10.9 Å². The Morgan fingerprint density at radius 2 is 2.35 bits per heavy atom. The van der Waals surface area contributed by atoms with Crippen LogP contribution < -0.4 is 11.3 Å². The lowest BCUT2D eigenvalue weighted by Gasteiger charge is -2.34. The van der Waals surface area contributed by atoms with Gasteiger partial charge in [-0.3, -0.25) is 11.3 Å². The Labute approximate surface area is 109 Å². The summed E-state index contributed by atoms with van der Waals surface area (Å²) in [5, 5.41) is 2.18. The summed E-state index contributed by atoms with van der Waals surface area (Å²) >= 11 is 1.82. The molecule has 2 rings (SSSR count). The van der Waals surface area contributed by atoms with Gasteiger partial charge in [0.05, 0.1) is 0 Å². The normalized spacial score (nSPS) is 27.0. The molecule has 0 amide bonds. The average molecular weight is 252 g/mol. The first kappa shape index (κ1) is 13.1. The van der Waals surface area contributed by atoms with Crippen LogP contribution in [0, 0.1) is 18.8 Å². The Balaban J connectivity index is 2.10. The first-order valence-corrected chi connectivity index (χ1v) is 7.64. The maximum absolute atomic E-state index is 5.81. The first-order valence-electron chi connectivity index (χ1n) is 6.76. The zero-order valence-corrected chi connectivity index (χ0v) is 11.7. The van der Waals surface area contributed by atoms with Crippen molar-refractivity contribution in [2.45, 2.75) is 52.0 Å². The summed E-state index contributed by atoms with van der Waals surface area (Å²) in [5.41, 5.74) is 4.48. The van der Waals surface area contributed by atoms with Crippen LogP contribution >= 0.6 is 11.3 Å². The summed E-state index contributed by atoms with van der Waals surface area (Å²) in [6, 6.07) is 2.59. The zero-order valence-electron chi connectivity index (χ0n) is 10.9. The molecule has 2 nitrogen and oxygen atoms in total. The topological polar surface area (TPSA) is 38.0 Å². The van der Waals surface area contributed by atoms with E-state index in [1.807, 2.05) is 11.3 Å². The molecule has 0 aliphatic heterocycles. The molecule has 1 aromatic heterocycles. The number of hydrogen-bond acceptors (Lipinski definition) is 3. The van der Waals surface area contributed by atoms with Crippen molar-refractivity contribution < 1.29 is 0 Å². The molecule has 0 bridgehead atoms.